The summed E-state index contributed by atoms with van der Waals surface area (Å²) in [5, 5.41) is 15.1. The fourth-order valence-corrected chi connectivity index (χ4v) is 5.75. The minimum absolute atomic E-state index is 0.0360. The van der Waals surface area contributed by atoms with E-state index in [0.29, 0.717) is 43.4 Å². The molecule has 2 aromatic rings. The molecule has 1 aliphatic rings. The molecule has 0 fully saturated rings. The van der Waals surface area contributed by atoms with Gasteiger partial charge in [0.25, 0.3) is 0 Å². The molecule has 1 aliphatic carbocycles. The summed E-state index contributed by atoms with van der Waals surface area (Å²) in [6, 6.07) is 1.51. The van der Waals surface area contributed by atoms with E-state index in [2.05, 4.69) is 42.6 Å². The van der Waals surface area contributed by atoms with Crippen LogP contribution in [0.4, 0.5) is 0 Å². The number of aromatic nitrogens is 1. The summed E-state index contributed by atoms with van der Waals surface area (Å²) in [7, 11) is 0. The molecule has 42 heavy (non-hydrogen) atoms. The van der Waals surface area contributed by atoms with Crippen LogP contribution in [0.3, 0.4) is 0 Å². The van der Waals surface area contributed by atoms with Crippen LogP contribution in [0, 0.1) is 29.6 Å². The fraction of sp³-hybridized carbons (Fsp3) is 0.441. The van der Waals surface area contributed by atoms with Crippen LogP contribution in [0.1, 0.15) is 81.5 Å². The van der Waals surface area contributed by atoms with Crippen LogP contribution < -0.4 is 10.9 Å². The fourth-order valence-electron chi connectivity index (χ4n) is 4.49. The Morgan fingerprint density at radius 3 is 2.83 bits per heavy atom. The van der Waals surface area contributed by atoms with Crippen molar-refractivity contribution in [1.29, 1.82) is 0 Å². The Morgan fingerprint density at radius 1 is 1.36 bits per heavy atom. The van der Waals surface area contributed by atoms with Gasteiger partial charge in [-0.1, -0.05) is 56.9 Å². The molecule has 6 nitrogen and oxygen atoms in total. The highest BCUT2D eigenvalue weighted by molar-refractivity contribution is 7.11. The van der Waals surface area contributed by atoms with E-state index in [4.69, 9.17) is 16.0 Å². The number of halogens is 1. The number of amides is 1. The van der Waals surface area contributed by atoms with Gasteiger partial charge in [-0.25, -0.2) is 9.78 Å². The zero-order valence-corrected chi connectivity index (χ0v) is 26.8. The molecule has 1 amide bonds. The minimum Gasteiger partial charge on any atom is -0.507 e. The normalized spacial score (nSPS) is 16.4. The van der Waals surface area contributed by atoms with Gasteiger partial charge < -0.3 is 14.8 Å². The van der Waals surface area contributed by atoms with Crippen molar-refractivity contribution in [2.45, 2.75) is 79.6 Å². The molecule has 3 atom stereocenters. The Bertz CT molecular complexity index is 1500. The number of allylic oxidation sites excluding steroid dienone is 6. The summed E-state index contributed by atoms with van der Waals surface area (Å²) in [5.41, 5.74) is 2.22. The van der Waals surface area contributed by atoms with Crippen LogP contribution in [0.25, 0.3) is 5.57 Å². The lowest BCUT2D eigenvalue weighted by Gasteiger charge is -2.22. The van der Waals surface area contributed by atoms with E-state index in [-0.39, 0.29) is 35.0 Å². The van der Waals surface area contributed by atoms with Crippen molar-refractivity contribution in [2.75, 3.05) is 0 Å². The van der Waals surface area contributed by atoms with Gasteiger partial charge in [0.2, 0.25) is 5.91 Å². The van der Waals surface area contributed by atoms with Crippen molar-refractivity contribution < 1.29 is 14.3 Å². The maximum atomic E-state index is 12.8. The molecule has 2 heterocycles. The molecule has 0 spiro atoms. The second-order valence-electron chi connectivity index (χ2n) is 10.9. The van der Waals surface area contributed by atoms with Gasteiger partial charge in [-0.15, -0.1) is 11.3 Å². The van der Waals surface area contributed by atoms with Gasteiger partial charge >= 0.3 is 5.63 Å². The van der Waals surface area contributed by atoms with Crippen molar-refractivity contribution in [3.8, 4) is 17.6 Å². The Hall–Kier alpha value is -3.34. The van der Waals surface area contributed by atoms with E-state index < -0.39 is 5.63 Å². The molecule has 8 heteroatoms. The zero-order valence-electron chi connectivity index (χ0n) is 25.2. The second kappa shape index (κ2) is 15.8. The van der Waals surface area contributed by atoms with Crippen molar-refractivity contribution in [2.24, 2.45) is 17.8 Å². The standard InChI is InChI=1S/C34H41ClN2O4S/c1-7-31(39)36-16-10-8-9-11-27-19-30(38)33(34(40)41-27)25(6)23(4)21(2)13-15-28-20-37-32(42-28)18-26-14-12-22(3)24(5)29(35)17-26/h10,16-17,19-23,38H,6-9,11,13,15,18H2,1-5H3,(H,36,39)/b16-10+. The third-order valence-electron chi connectivity index (χ3n) is 7.75. The number of nitrogens with one attached hydrogen (secondary N) is 1. The van der Waals surface area contributed by atoms with Crippen molar-refractivity contribution >= 4 is 34.4 Å². The first-order valence-electron chi connectivity index (χ1n) is 14.5. The summed E-state index contributed by atoms with van der Waals surface area (Å²) in [6.45, 7) is 14.2. The van der Waals surface area contributed by atoms with E-state index in [1.807, 2.05) is 32.2 Å². The van der Waals surface area contributed by atoms with Gasteiger partial charge in [-0.05, 0) is 74.8 Å². The molecule has 0 aliphatic heterocycles. The van der Waals surface area contributed by atoms with Gasteiger partial charge in [0.15, 0.2) is 0 Å². The Labute approximate surface area is 258 Å². The summed E-state index contributed by atoms with van der Waals surface area (Å²) in [4.78, 5) is 29.9. The lowest BCUT2D eigenvalue weighted by atomic mass is 9.83. The molecule has 3 rings (SSSR count). The molecule has 3 unspecified atom stereocenters. The number of carbonyl (C=O) groups is 1. The first-order valence-corrected chi connectivity index (χ1v) is 15.7. The quantitative estimate of drug-likeness (QED) is 0.169. The molecule has 0 bridgehead atoms. The highest BCUT2D eigenvalue weighted by atomic mass is 35.5. The van der Waals surface area contributed by atoms with Gasteiger partial charge in [-0.3, -0.25) is 4.79 Å². The van der Waals surface area contributed by atoms with E-state index in [9.17, 15) is 14.7 Å². The number of rotatable bonds is 14. The second-order valence-corrected chi connectivity index (χ2v) is 12.5. The summed E-state index contributed by atoms with van der Waals surface area (Å²) in [5.74, 6) is 7.11. The van der Waals surface area contributed by atoms with Crippen molar-refractivity contribution in [3.05, 3.63) is 85.0 Å². The molecule has 0 saturated heterocycles. The van der Waals surface area contributed by atoms with E-state index in [0.717, 1.165) is 34.0 Å². The van der Waals surface area contributed by atoms with Crippen LogP contribution in [0.5, 0.6) is 5.75 Å². The van der Waals surface area contributed by atoms with Crippen molar-refractivity contribution in [3.63, 3.8) is 0 Å². The molecule has 0 aromatic carbocycles. The Morgan fingerprint density at radius 2 is 2.12 bits per heavy atom. The van der Waals surface area contributed by atoms with Crippen LogP contribution in [0.15, 0.2) is 62.6 Å². The van der Waals surface area contributed by atoms with Gasteiger partial charge in [0.05, 0.1) is 5.01 Å². The van der Waals surface area contributed by atoms with Crippen LogP contribution in [0.2, 0.25) is 0 Å². The number of carbonyl (C=O) groups excluding carboxylic acids is 1. The predicted molar refractivity (Wildman–Crippen MR) is 172 cm³/mol. The van der Waals surface area contributed by atoms with Crippen LogP contribution in [-0.2, 0) is 24.1 Å². The molecule has 0 saturated carbocycles. The molecular weight excluding hydrogens is 568 g/mol. The average molecular weight is 609 g/mol. The van der Waals surface area contributed by atoms with Gasteiger partial charge in [-0.2, -0.15) is 0 Å². The van der Waals surface area contributed by atoms with Gasteiger partial charge in [0.1, 0.15) is 17.1 Å². The maximum Gasteiger partial charge on any atom is 0.347 e. The maximum absolute atomic E-state index is 12.8. The lowest BCUT2D eigenvalue weighted by Crippen LogP contribution is -2.16. The largest absolute Gasteiger partial charge is 0.507 e. The third kappa shape index (κ3) is 9.34. The molecule has 2 aromatic heterocycles. The summed E-state index contributed by atoms with van der Waals surface area (Å²) >= 11 is 8.12. The first-order chi connectivity index (χ1) is 20.0. The summed E-state index contributed by atoms with van der Waals surface area (Å²) in [6.07, 6.45) is 12.1. The van der Waals surface area contributed by atoms with E-state index >= 15 is 0 Å². The predicted octanol–water partition coefficient (Wildman–Crippen LogP) is 7.72. The Balaban J connectivity index is 1.54. The number of aromatic hydroxyl groups is 1. The summed E-state index contributed by atoms with van der Waals surface area (Å²) < 4.78 is 5.52. The zero-order chi connectivity index (χ0) is 30.8. The topological polar surface area (TPSA) is 92.4 Å². The van der Waals surface area contributed by atoms with E-state index in [1.165, 1.54) is 10.9 Å². The van der Waals surface area contributed by atoms with Crippen molar-refractivity contribution in [1.82, 2.24) is 10.3 Å². The number of hydrogen-bond donors (Lipinski definition) is 2. The number of aryl methyl sites for hydroxylation is 2. The van der Waals surface area contributed by atoms with E-state index in [1.54, 1.807) is 24.5 Å². The number of thiazole rings is 1. The number of hydrogen-bond acceptors (Lipinski definition) is 6. The number of nitrogens with zero attached hydrogens (tertiary/aromatic N) is 1. The smallest absolute Gasteiger partial charge is 0.347 e. The lowest BCUT2D eigenvalue weighted by molar-refractivity contribution is -0.119. The monoisotopic (exact) mass is 608 g/mol. The molecule has 0 radical (unpaired) electrons. The van der Waals surface area contributed by atoms with Crippen LogP contribution >= 0.6 is 22.9 Å². The Kier molecular flexibility index (Phi) is 12.4. The molecule has 2 N–H and O–H groups in total. The third-order valence-corrected chi connectivity index (χ3v) is 9.21. The minimum atomic E-state index is -0.567. The highest BCUT2D eigenvalue weighted by Gasteiger charge is 2.23. The SMILES string of the molecule is C=C(c1c(O)cc(CCC/C=C/NC(=O)CC)oc1=O)C(C)C(C)CCc1cnc(CC2=CC(Cl)=C(C)C(C)C#C2)s1. The number of unbranched alkanes of at least 4 members (excludes halogenated alkanes) is 1. The first kappa shape index (κ1) is 33.2. The molecule has 224 valence electrons. The molecular formula is C34H41ClN2O4S. The highest BCUT2D eigenvalue weighted by Crippen LogP contribution is 2.34. The van der Waals surface area contributed by atoms with Gasteiger partial charge in [0, 0.05) is 52.9 Å². The average Bonchev–Trinajstić information content (AvgIpc) is 3.37. The van der Waals surface area contributed by atoms with Crippen LogP contribution in [-0.4, -0.2) is 16.0 Å².